The average Bonchev–Trinajstić information content (AvgIpc) is 2.63. The SMILES string of the molecule is COc1ccc(CCC(=O)c2ccc(OCCCS(=O)(=O)O)cc2[O-])cc1O.[Na+]. The molecule has 0 fully saturated rings. The van der Waals surface area contributed by atoms with Gasteiger partial charge in [-0.1, -0.05) is 11.8 Å². The zero-order valence-electron chi connectivity index (χ0n) is 16.3. The van der Waals surface area contributed by atoms with Gasteiger partial charge in [0.2, 0.25) is 0 Å². The smallest absolute Gasteiger partial charge is 0.872 e. The fourth-order valence-corrected chi connectivity index (χ4v) is 3.02. The quantitative estimate of drug-likeness (QED) is 0.210. The maximum Gasteiger partial charge on any atom is 1.00 e. The first-order valence-electron chi connectivity index (χ1n) is 8.47. The summed E-state index contributed by atoms with van der Waals surface area (Å²) in [6, 6.07) is 8.83. The van der Waals surface area contributed by atoms with Gasteiger partial charge < -0.3 is 19.7 Å². The van der Waals surface area contributed by atoms with Gasteiger partial charge in [0.25, 0.3) is 10.1 Å². The Kier molecular flexibility index (Phi) is 9.94. The van der Waals surface area contributed by atoms with E-state index in [-0.39, 0.29) is 71.9 Å². The Balaban J connectivity index is 0.00000420. The standard InChI is InChI=1S/C19H22O8S.Na/c1-26-19-8-4-13(11-18(19)22)3-7-16(20)15-6-5-14(12-17(15)21)27-9-2-10-28(23,24)25;/h4-6,8,11-12,21-22H,2-3,7,9-10H2,1H3,(H,23,24,25);/q;+1/p-1. The summed E-state index contributed by atoms with van der Waals surface area (Å²) in [7, 11) is -2.61. The van der Waals surface area contributed by atoms with Crippen molar-refractivity contribution in [1.29, 1.82) is 0 Å². The van der Waals surface area contributed by atoms with Crippen molar-refractivity contribution in [1.82, 2.24) is 0 Å². The van der Waals surface area contributed by atoms with E-state index >= 15 is 0 Å². The number of ether oxygens (including phenoxy) is 2. The molecule has 0 saturated heterocycles. The van der Waals surface area contributed by atoms with Crippen molar-refractivity contribution >= 4 is 15.9 Å². The summed E-state index contributed by atoms with van der Waals surface area (Å²) in [5.41, 5.74) is 0.765. The van der Waals surface area contributed by atoms with Crippen LogP contribution in [0.3, 0.4) is 0 Å². The molecule has 0 atom stereocenters. The Morgan fingerprint density at radius 3 is 2.48 bits per heavy atom. The number of carbonyl (C=O) groups is 1. The molecule has 0 saturated carbocycles. The Morgan fingerprint density at radius 1 is 1.17 bits per heavy atom. The van der Waals surface area contributed by atoms with E-state index in [9.17, 15) is 23.4 Å². The van der Waals surface area contributed by atoms with E-state index in [2.05, 4.69) is 0 Å². The molecule has 0 amide bonds. The van der Waals surface area contributed by atoms with E-state index in [1.807, 2.05) is 0 Å². The van der Waals surface area contributed by atoms with Crippen LogP contribution in [0.25, 0.3) is 0 Å². The van der Waals surface area contributed by atoms with E-state index in [1.165, 1.54) is 31.4 Å². The van der Waals surface area contributed by atoms with Crippen molar-refractivity contribution in [3.8, 4) is 23.0 Å². The van der Waals surface area contributed by atoms with Crippen LogP contribution in [0.1, 0.15) is 28.8 Å². The van der Waals surface area contributed by atoms with Gasteiger partial charge in [-0.2, -0.15) is 8.42 Å². The summed E-state index contributed by atoms with van der Waals surface area (Å²) in [5, 5.41) is 21.9. The van der Waals surface area contributed by atoms with Crippen LogP contribution in [0.2, 0.25) is 0 Å². The van der Waals surface area contributed by atoms with Crippen LogP contribution >= 0.6 is 0 Å². The number of aromatic hydroxyl groups is 1. The van der Waals surface area contributed by atoms with Crippen LogP contribution in [0.4, 0.5) is 0 Å². The predicted octanol–water partition coefficient (Wildman–Crippen LogP) is -1.05. The van der Waals surface area contributed by atoms with E-state index in [0.717, 1.165) is 5.56 Å². The largest absolute Gasteiger partial charge is 1.00 e. The van der Waals surface area contributed by atoms with Crippen molar-refractivity contribution in [2.45, 2.75) is 19.3 Å². The number of benzene rings is 2. The second-order valence-corrected chi connectivity index (χ2v) is 7.65. The molecule has 2 aromatic rings. The minimum atomic E-state index is -4.05. The number of Topliss-reactive ketones (excluding diaryl/α,β-unsaturated/α-hetero) is 1. The van der Waals surface area contributed by atoms with Crippen molar-refractivity contribution in [3.05, 3.63) is 47.5 Å². The summed E-state index contributed by atoms with van der Waals surface area (Å²) in [6.07, 6.45) is 0.516. The molecule has 0 spiro atoms. The number of hydrogen-bond donors (Lipinski definition) is 2. The number of phenols is 1. The Labute approximate surface area is 191 Å². The summed E-state index contributed by atoms with van der Waals surface area (Å²) in [5.74, 6) is -0.726. The Morgan fingerprint density at radius 2 is 1.90 bits per heavy atom. The number of phenolic OH excluding ortho intramolecular Hbond substituents is 1. The zero-order valence-corrected chi connectivity index (χ0v) is 19.1. The van der Waals surface area contributed by atoms with Crippen LogP contribution in [0.15, 0.2) is 36.4 Å². The van der Waals surface area contributed by atoms with Crippen LogP contribution < -0.4 is 44.1 Å². The third kappa shape index (κ3) is 8.23. The predicted molar refractivity (Wildman–Crippen MR) is 99.7 cm³/mol. The van der Waals surface area contributed by atoms with E-state index in [4.69, 9.17) is 14.0 Å². The second-order valence-electron chi connectivity index (χ2n) is 6.08. The molecule has 0 aliphatic heterocycles. The molecule has 0 aliphatic carbocycles. The first-order valence-corrected chi connectivity index (χ1v) is 10.1. The third-order valence-corrected chi connectivity index (χ3v) is 4.76. The molecule has 152 valence electrons. The number of aryl methyl sites for hydroxylation is 1. The van der Waals surface area contributed by atoms with Crippen LogP contribution in [-0.2, 0) is 16.5 Å². The van der Waals surface area contributed by atoms with E-state index in [0.29, 0.717) is 12.2 Å². The number of methoxy groups -OCH3 is 1. The summed E-state index contributed by atoms with van der Waals surface area (Å²) in [6.45, 7) is 0.00743. The number of ketones is 1. The van der Waals surface area contributed by atoms with Gasteiger partial charge in [0.05, 0.1) is 19.5 Å². The second kappa shape index (κ2) is 11.4. The molecule has 2 rings (SSSR count). The molecule has 8 nitrogen and oxygen atoms in total. The molecular weight excluding hydrogens is 411 g/mol. The van der Waals surface area contributed by atoms with E-state index in [1.54, 1.807) is 12.1 Å². The topological polar surface area (TPSA) is 133 Å². The molecule has 0 aliphatic rings. The van der Waals surface area contributed by atoms with Gasteiger partial charge in [0, 0.05) is 12.0 Å². The van der Waals surface area contributed by atoms with Crippen molar-refractivity contribution < 1.29 is 67.0 Å². The summed E-state index contributed by atoms with van der Waals surface area (Å²) >= 11 is 0. The molecule has 2 N–H and O–H groups in total. The Hall–Kier alpha value is -1.78. The first kappa shape index (κ1) is 25.3. The zero-order chi connectivity index (χ0) is 20.7. The van der Waals surface area contributed by atoms with Crippen molar-refractivity contribution in [3.63, 3.8) is 0 Å². The maximum atomic E-state index is 12.3. The fraction of sp³-hybridized carbons (Fsp3) is 0.316. The van der Waals surface area contributed by atoms with Crippen LogP contribution in [0.5, 0.6) is 23.0 Å². The Bertz CT molecular complexity index is 943. The van der Waals surface area contributed by atoms with Crippen molar-refractivity contribution in [2.24, 2.45) is 0 Å². The maximum absolute atomic E-state index is 12.3. The van der Waals surface area contributed by atoms with Gasteiger partial charge >= 0.3 is 29.6 Å². The molecule has 29 heavy (non-hydrogen) atoms. The van der Waals surface area contributed by atoms with Gasteiger partial charge in [0.1, 0.15) is 5.75 Å². The van der Waals surface area contributed by atoms with Gasteiger partial charge in [-0.15, -0.1) is 0 Å². The third-order valence-electron chi connectivity index (χ3n) is 3.95. The number of rotatable bonds is 10. The molecule has 0 aromatic heterocycles. The normalized spacial score (nSPS) is 10.8. The van der Waals surface area contributed by atoms with Gasteiger partial charge in [-0.25, -0.2) is 0 Å². The van der Waals surface area contributed by atoms with Gasteiger partial charge in [-0.3, -0.25) is 9.35 Å². The minimum absolute atomic E-state index is 0. The molecular formula is C19H21NaO8S. The summed E-state index contributed by atoms with van der Waals surface area (Å²) in [4.78, 5) is 12.3. The molecule has 0 unspecified atom stereocenters. The average molecular weight is 432 g/mol. The van der Waals surface area contributed by atoms with E-state index < -0.39 is 21.6 Å². The number of hydrogen-bond acceptors (Lipinski definition) is 7. The monoisotopic (exact) mass is 432 g/mol. The molecule has 10 heteroatoms. The fourth-order valence-electron chi connectivity index (χ4n) is 2.54. The first-order chi connectivity index (χ1) is 13.2. The minimum Gasteiger partial charge on any atom is -0.872 e. The molecule has 2 aromatic carbocycles. The molecule has 0 radical (unpaired) electrons. The van der Waals surface area contributed by atoms with Crippen LogP contribution in [-0.4, -0.2) is 43.3 Å². The summed E-state index contributed by atoms with van der Waals surface area (Å²) < 4.78 is 40.1. The molecule has 0 heterocycles. The van der Waals surface area contributed by atoms with Gasteiger partial charge in [-0.05, 0) is 48.7 Å². The number of carbonyl (C=O) groups excluding carboxylic acids is 1. The van der Waals surface area contributed by atoms with Gasteiger partial charge in [0.15, 0.2) is 17.3 Å². The molecule has 0 bridgehead atoms. The van der Waals surface area contributed by atoms with Crippen LogP contribution in [0, 0.1) is 0 Å². The van der Waals surface area contributed by atoms with Crippen molar-refractivity contribution in [2.75, 3.05) is 19.5 Å².